The molecule has 0 aromatic heterocycles. The molecule has 1 aromatic rings. The molecule has 2 N–H and O–H groups in total. The van der Waals surface area contributed by atoms with E-state index in [1.165, 1.54) is 26.0 Å². The number of para-hydroxylation sites is 1. The van der Waals surface area contributed by atoms with E-state index in [0.717, 1.165) is 0 Å². The summed E-state index contributed by atoms with van der Waals surface area (Å²) in [6, 6.07) is 6.04. The number of ketones is 1. The third-order valence-corrected chi connectivity index (χ3v) is 2.09. The molecule has 0 unspecified atom stereocenters. The van der Waals surface area contributed by atoms with Crippen molar-refractivity contribution in [2.45, 2.75) is 13.8 Å². The second kappa shape index (κ2) is 4.78. The van der Waals surface area contributed by atoms with Crippen LogP contribution in [0.1, 0.15) is 19.4 Å². The second-order valence-electron chi connectivity index (χ2n) is 3.29. The molecule has 0 aliphatic heterocycles. The lowest BCUT2D eigenvalue weighted by Gasteiger charge is -2.18. The Morgan fingerprint density at radius 3 is 2.25 bits per heavy atom. The highest BCUT2D eigenvalue weighted by Crippen LogP contribution is 2.27. The summed E-state index contributed by atoms with van der Waals surface area (Å²) in [5, 5.41) is 29.2. The largest absolute Gasteiger partial charge is 0.875 e. The number of carbonyl (C=O) groups is 1. The van der Waals surface area contributed by atoms with Crippen LogP contribution in [-0.4, -0.2) is 16.2 Å². The van der Waals surface area contributed by atoms with Gasteiger partial charge in [-0.3, -0.25) is 15.2 Å². The standard InChI is InChI=1S/C11H13NO4/c1-7(13)11(8(2)14)9-5-3-4-6-10(9)12(15)16/h3-6,13,15-16H,1-2H3/p-1. The van der Waals surface area contributed by atoms with Gasteiger partial charge in [0.25, 0.3) is 0 Å². The quantitative estimate of drug-likeness (QED) is 0.452. The van der Waals surface area contributed by atoms with Crippen molar-refractivity contribution >= 4 is 17.0 Å². The first-order valence-corrected chi connectivity index (χ1v) is 4.61. The van der Waals surface area contributed by atoms with Gasteiger partial charge in [-0.05, 0) is 13.0 Å². The van der Waals surface area contributed by atoms with Gasteiger partial charge in [-0.25, -0.2) is 0 Å². The highest BCUT2D eigenvalue weighted by atomic mass is 16.8. The highest BCUT2D eigenvalue weighted by molar-refractivity contribution is 6.21. The smallest absolute Gasteiger partial charge is 0.159 e. The van der Waals surface area contributed by atoms with E-state index in [9.17, 15) is 9.90 Å². The molecule has 0 aliphatic rings. The van der Waals surface area contributed by atoms with Crippen molar-refractivity contribution in [2.75, 3.05) is 5.23 Å². The predicted molar refractivity (Wildman–Crippen MR) is 55.8 cm³/mol. The van der Waals surface area contributed by atoms with Crippen molar-refractivity contribution in [2.24, 2.45) is 0 Å². The van der Waals surface area contributed by atoms with Crippen LogP contribution >= 0.6 is 0 Å². The van der Waals surface area contributed by atoms with E-state index in [0.29, 0.717) is 0 Å². The van der Waals surface area contributed by atoms with Crippen LogP contribution in [0.3, 0.4) is 0 Å². The maximum Gasteiger partial charge on any atom is 0.159 e. The van der Waals surface area contributed by atoms with E-state index < -0.39 is 11.5 Å². The summed E-state index contributed by atoms with van der Waals surface area (Å²) in [5.74, 6) is -0.830. The third kappa shape index (κ3) is 2.39. The van der Waals surface area contributed by atoms with Crippen molar-refractivity contribution < 1.29 is 20.3 Å². The SMILES string of the molecule is CC(=O)C(=C(C)[O-])c1ccccc1N(O)O. The first-order chi connectivity index (χ1) is 7.45. The maximum atomic E-state index is 11.3. The molecule has 5 nitrogen and oxygen atoms in total. The Hall–Kier alpha value is -1.85. The normalized spacial score (nSPS) is 12.0. The summed E-state index contributed by atoms with van der Waals surface area (Å²) < 4.78 is 0. The van der Waals surface area contributed by atoms with Gasteiger partial charge in [-0.2, -0.15) is 0 Å². The van der Waals surface area contributed by atoms with Gasteiger partial charge >= 0.3 is 0 Å². The zero-order chi connectivity index (χ0) is 12.3. The predicted octanol–water partition coefficient (Wildman–Crippen LogP) is 0.952. The van der Waals surface area contributed by atoms with Crippen molar-refractivity contribution in [3.05, 3.63) is 35.6 Å². The molecule has 0 heterocycles. The summed E-state index contributed by atoms with van der Waals surface area (Å²) in [5.41, 5.74) is 0.138. The fraction of sp³-hybridized carbons (Fsp3) is 0.182. The minimum absolute atomic E-state index is 0.0112. The van der Waals surface area contributed by atoms with Crippen LogP contribution in [-0.2, 0) is 4.79 Å². The molecule has 0 saturated heterocycles. The molecule has 1 rings (SSSR count). The van der Waals surface area contributed by atoms with E-state index in [1.807, 2.05) is 0 Å². The lowest BCUT2D eigenvalue weighted by Crippen LogP contribution is -2.16. The number of anilines is 1. The fourth-order valence-corrected chi connectivity index (χ4v) is 1.49. The van der Waals surface area contributed by atoms with Crippen molar-refractivity contribution in [1.29, 1.82) is 0 Å². The van der Waals surface area contributed by atoms with Crippen molar-refractivity contribution in [3.8, 4) is 0 Å². The van der Waals surface area contributed by atoms with Gasteiger partial charge in [0.15, 0.2) is 5.78 Å². The van der Waals surface area contributed by atoms with Gasteiger partial charge in [0.1, 0.15) is 5.69 Å². The van der Waals surface area contributed by atoms with Gasteiger partial charge in [0.05, 0.1) is 0 Å². The molecular formula is C11H12NO4-. The monoisotopic (exact) mass is 222 g/mol. The summed E-state index contributed by atoms with van der Waals surface area (Å²) in [7, 11) is 0. The van der Waals surface area contributed by atoms with Gasteiger partial charge in [-0.15, -0.1) is 11.0 Å². The third-order valence-electron chi connectivity index (χ3n) is 2.09. The molecule has 0 amide bonds. The van der Waals surface area contributed by atoms with E-state index in [1.54, 1.807) is 12.1 Å². The maximum absolute atomic E-state index is 11.3. The average molecular weight is 222 g/mol. The summed E-state index contributed by atoms with van der Waals surface area (Å²) in [4.78, 5) is 11.3. The first kappa shape index (κ1) is 12.2. The molecule has 0 spiro atoms. The Balaban J connectivity index is 3.43. The molecular weight excluding hydrogens is 210 g/mol. The van der Waals surface area contributed by atoms with Crippen LogP contribution in [0.2, 0.25) is 0 Å². The Morgan fingerprint density at radius 1 is 1.25 bits per heavy atom. The number of hydrogen-bond acceptors (Lipinski definition) is 5. The Kier molecular flexibility index (Phi) is 3.65. The Morgan fingerprint density at radius 2 is 1.81 bits per heavy atom. The van der Waals surface area contributed by atoms with Gasteiger partial charge < -0.3 is 5.11 Å². The minimum atomic E-state index is -0.415. The average Bonchev–Trinajstić information content (AvgIpc) is 2.17. The lowest BCUT2D eigenvalue weighted by molar-refractivity contribution is -0.300. The van der Waals surface area contributed by atoms with Gasteiger partial charge in [0, 0.05) is 11.1 Å². The molecule has 86 valence electrons. The van der Waals surface area contributed by atoms with Crippen LogP contribution in [0.5, 0.6) is 0 Å². The topological polar surface area (TPSA) is 83.8 Å². The number of allylic oxidation sites excluding steroid dienone is 2. The van der Waals surface area contributed by atoms with Crippen LogP contribution in [0.25, 0.3) is 5.57 Å². The lowest BCUT2D eigenvalue weighted by atomic mass is 10.00. The number of nitrogens with zero attached hydrogens (tertiary/aromatic N) is 1. The number of benzene rings is 1. The summed E-state index contributed by atoms with van der Waals surface area (Å²) in [6.45, 7) is 2.51. The molecule has 0 bridgehead atoms. The van der Waals surface area contributed by atoms with E-state index in [-0.39, 0.29) is 22.1 Å². The number of Topliss-reactive ketones (excluding diaryl/α,β-unsaturated/α-hetero) is 1. The molecule has 16 heavy (non-hydrogen) atoms. The zero-order valence-corrected chi connectivity index (χ0v) is 8.97. The highest BCUT2D eigenvalue weighted by Gasteiger charge is 2.14. The van der Waals surface area contributed by atoms with Crippen LogP contribution in [0.15, 0.2) is 30.0 Å². The zero-order valence-electron chi connectivity index (χ0n) is 8.97. The second-order valence-corrected chi connectivity index (χ2v) is 3.29. The van der Waals surface area contributed by atoms with Crippen LogP contribution < -0.4 is 10.3 Å². The van der Waals surface area contributed by atoms with Crippen molar-refractivity contribution in [1.82, 2.24) is 0 Å². The van der Waals surface area contributed by atoms with Crippen LogP contribution in [0, 0.1) is 0 Å². The Bertz CT molecular complexity index is 433. The molecule has 0 aliphatic carbocycles. The van der Waals surface area contributed by atoms with E-state index in [4.69, 9.17) is 10.4 Å². The van der Waals surface area contributed by atoms with Crippen LogP contribution in [0.4, 0.5) is 5.69 Å². The van der Waals surface area contributed by atoms with Crippen molar-refractivity contribution in [3.63, 3.8) is 0 Å². The first-order valence-electron chi connectivity index (χ1n) is 4.61. The molecule has 1 aromatic carbocycles. The minimum Gasteiger partial charge on any atom is -0.875 e. The summed E-state index contributed by atoms with van der Waals surface area (Å²) in [6.07, 6.45) is 0. The van der Waals surface area contributed by atoms with E-state index >= 15 is 0 Å². The fourth-order valence-electron chi connectivity index (χ4n) is 1.49. The molecule has 0 fully saturated rings. The number of rotatable bonds is 3. The molecule has 0 atom stereocenters. The molecule has 0 saturated carbocycles. The molecule has 5 heteroatoms. The summed E-state index contributed by atoms with van der Waals surface area (Å²) >= 11 is 0. The number of hydrogen-bond donors (Lipinski definition) is 2. The van der Waals surface area contributed by atoms with E-state index in [2.05, 4.69) is 0 Å². The van der Waals surface area contributed by atoms with Gasteiger partial charge in [0.2, 0.25) is 0 Å². The van der Waals surface area contributed by atoms with Gasteiger partial charge in [-0.1, -0.05) is 25.1 Å². The molecule has 0 radical (unpaired) electrons. The Labute approximate surface area is 92.8 Å². The number of carbonyl (C=O) groups excluding carboxylic acids is 1.